The van der Waals surface area contributed by atoms with Gasteiger partial charge in [-0.3, -0.25) is 18.1 Å². The van der Waals surface area contributed by atoms with Crippen molar-refractivity contribution in [1.82, 2.24) is 19.5 Å². The maximum Gasteiger partial charge on any atom is 0.474 e. The fourth-order valence-corrected chi connectivity index (χ4v) is 3.56. The number of phosphoric acid groups is 2. The molecule has 0 bridgehead atoms. The van der Waals surface area contributed by atoms with Gasteiger partial charge in [-0.1, -0.05) is 0 Å². The van der Waals surface area contributed by atoms with Crippen molar-refractivity contribution in [2.24, 2.45) is 5.92 Å². The van der Waals surface area contributed by atoms with Crippen LogP contribution >= 0.6 is 27.2 Å². The van der Waals surface area contributed by atoms with Gasteiger partial charge in [0.15, 0.2) is 17.0 Å². The Bertz CT molecular complexity index is 898. The summed E-state index contributed by atoms with van der Waals surface area (Å²) in [6, 6.07) is 0. The highest BCUT2D eigenvalue weighted by Gasteiger charge is 2.27. The molecule has 158 valence electrons. The lowest BCUT2D eigenvalue weighted by Crippen LogP contribution is -2.21. The molecule has 3 N–H and O–H groups in total. The van der Waals surface area contributed by atoms with Crippen molar-refractivity contribution in [1.29, 1.82) is 0 Å². The molecule has 0 spiro atoms. The first-order valence-electron chi connectivity index (χ1n) is 7.73. The maximum absolute atomic E-state index is 12.1. The number of fused-ring (bicyclic) bond motifs is 1. The third kappa shape index (κ3) is 6.18. The Hall–Kier alpha value is -1.14. The number of rotatable bonds is 11. The van der Waals surface area contributed by atoms with Gasteiger partial charge in [-0.15, -0.1) is 0 Å². The number of hydrogen-bond donors (Lipinski definition) is 3. The van der Waals surface area contributed by atoms with Crippen LogP contribution in [0.25, 0.3) is 11.2 Å². The topological polar surface area (TPSA) is 167 Å². The molecule has 0 fully saturated rings. The van der Waals surface area contributed by atoms with Crippen molar-refractivity contribution >= 4 is 44.2 Å². The van der Waals surface area contributed by atoms with Crippen molar-refractivity contribution in [3.05, 3.63) is 11.6 Å². The van der Waals surface area contributed by atoms with Gasteiger partial charge in [0.1, 0.15) is 0 Å². The zero-order chi connectivity index (χ0) is 20.9. The van der Waals surface area contributed by atoms with Gasteiger partial charge in [-0.25, -0.2) is 14.1 Å². The van der Waals surface area contributed by atoms with Gasteiger partial charge in [0.2, 0.25) is 5.28 Å². The summed E-state index contributed by atoms with van der Waals surface area (Å²) >= 11 is 5.92. The smallest absolute Gasteiger partial charge is 0.371 e. The fraction of sp³-hybridized carbons (Fsp3) is 0.583. The van der Waals surface area contributed by atoms with E-state index in [2.05, 4.69) is 33.8 Å². The molecule has 28 heavy (non-hydrogen) atoms. The average Bonchev–Trinajstić information content (AvgIpc) is 3.04. The molecule has 0 aliphatic rings. The van der Waals surface area contributed by atoms with Crippen LogP contribution in [0.4, 0.5) is 5.82 Å². The van der Waals surface area contributed by atoms with E-state index in [4.69, 9.17) is 25.9 Å². The second-order valence-electron chi connectivity index (χ2n) is 5.42. The van der Waals surface area contributed by atoms with Crippen LogP contribution in [0, 0.1) is 5.92 Å². The molecule has 2 aromatic heterocycles. The molecule has 2 heterocycles. The second-order valence-corrected chi connectivity index (χ2v) is 8.88. The van der Waals surface area contributed by atoms with E-state index in [0.717, 1.165) is 14.2 Å². The highest BCUT2D eigenvalue weighted by molar-refractivity contribution is 7.48. The first kappa shape index (κ1) is 23.1. The lowest BCUT2D eigenvalue weighted by atomic mass is 10.2. The van der Waals surface area contributed by atoms with Crippen molar-refractivity contribution < 1.29 is 37.0 Å². The molecule has 1 atom stereocenters. The minimum atomic E-state index is -4.73. The Morgan fingerprint density at radius 3 is 2.43 bits per heavy atom. The highest BCUT2D eigenvalue weighted by atomic mass is 35.5. The van der Waals surface area contributed by atoms with E-state index in [1.807, 2.05) is 0 Å². The predicted octanol–water partition coefficient (Wildman–Crippen LogP) is 1.66. The van der Waals surface area contributed by atoms with Crippen LogP contribution in [0.2, 0.25) is 5.28 Å². The van der Waals surface area contributed by atoms with E-state index in [-0.39, 0.29) is 18.4 Å². The molecule has 16 heteroatoms. The molecule has 2 rings (SSSR count). The van der Waals surface area contributed by atoms with Crippen LogP contribution in [0.5, 0.6) is 0 Å². The molecule has 13 nitrogen and oxygen atoms in total. The summed E-state index contributed by atoms with van der Waals surface area (Å²) in [5.41, 5.74) is 0.828. The lowest BCUT2D eigenvalue weighted by Gasteiger charge is -2.20. The van der Waals surface area contributed by atoms with E-state index in [9.17, 15) is 9.13 Å². The maximum atomic E-state index is 12.1. The predicted molar refractivity (Wildman–Crippen MR) is 98.9 cm³/mol. The third-order valence-electron chi connectivity index (χ3n) is 3.52. The van der Waals surface area contributed by atoms with Crippen LogP contribution in [-0.4, -0.2) is 63.8 Å². The SMILES string of the molecule is CNc1nc(Cl)nc2c1ncn2CC(COP(=O)(O)O)COP(=O)(OC)OC. The average molecular weight is 460 g/mol. The summed E-state index contributed by atoms with van der Waals surface area (Å²) in [4.78, 5) is 30.3. The van der Waals surface area contributed by atoms with E-state index in [0.29, 0.717) is 17.0 Å². The summed E-state index contributed by atoms with van der Waals surface area (Å²) in [7, 11) is -4.58. The van der Waals surface area contributed by atoms with Crippen LogP contribution in [0.3, 0.4) is 0 Å². The van der Waals surface area contributed by atoms with Gasteiger partial charge in [0, 0.05) is 33.7 Å². The Morgan fingerprint density at radius 2 is 1.86 bits per heavy atom. The monoisotopic (exact) mass is 459 g/mol. The van der Waals surface area contributed by atoms with Gasteiger partial charge in [0.05, 0.1) is 19.5 Å². The lowest BCUT2D eigenvalue weighted by molar-refractivity contribution is 0.0966. The molecule has 0 aliphatic carbocycles. The normalized spacial score (nSPS) is 13.8. The van der Waals surface area contributed by atoms with Crippen molar-refractivity contribution in [3.63, 3.8) is 0 Å². The molecular weight excluding hydrogens is 440 g/mol. The largest absolute Gasteiger partial charge is 0.474 e. The third-order valence-corrected chi connectivity index (χ3v) is 5.54. The first-order chi connectivity index (χ1) is 13.1. The molecule has 0 saturated heterocycles. The molecule has 0 amide bonds. The number of aromatic nitrogens is 4. The van der Waals surface area contributed by atoms with Gasteiger partial charge in [0.25, 0.3) is 0 Å². The molecule has 0 aromatic carbocycles. The Kier molecular flexibility index (Phi) is 7.91. The molecule has 1 unspecified atom stereocenters. The summed E-state index contributed by atoms with van der Waals surface area (Å²) < 4.78 is 43.8. The Morgan fingerprint density at radius 1 is 1.21 bits per heavy atom. The fourth-order valence-electron chi connectivity index (χ4n) is 2.24. The summed E-state index contributed by atoms with van der Waals surface area (Å²) in [6.45, 7) is -0.564. The Balaban J connectivity index is 2.26. The number of anilines is 1. The summed E-state index contributed by atoms with van der Waals surface area (Å²) in [5.74, 6) is -0.258. The Labute approximate surface area is 165 Å². The van der Waals surface area contributed by atoms with Gasteiger partial charge < -0.3 is 19.7 Å². The second kappa shape index (κ2) is 9.57. The van der Waals surface area contributed by atoms with Gasteiger partial charge in [-0.2, -0.15) is 9.97 Å². The number of imidazole rings is 1. The molecule has 0 saturated carbocycles. The van der Waals surface area contributed by atoms with Crippen LogP contribution < -0.4 is 5.32 Å². The number of hydrogen-bond acceptors (Lipinski definition) is 10. The molecule has 0 aliphatic heterocycles. The molecule has 2 aromatic rings. The number of nitrogens with one attached hydrogen (secondary N) is 1. The van der Waals surface area contributed by atoms with Crippen LogP contribution in [0.15, 0.2) is 6.33 Å². The van der Waals surface area contributed by atoms with E-state index < -0.39 is 28.2 Å². The van der Waals surface area contributed by atoms with Crippen molar-refractivity contribution in [2.45, 2.75) is 6.54 Å². The van der Waals surface area contributed by atoms with E-state index in [1.165, 1.54) is 6.33 Å². The van der Waals surface area contributed by atoms with E-state index in [1.54, 1.807) is 11.6 Å². The standard InChI is InChI=1S/C12H20ClN5O8P2/c1-14-10-9-11(17-12(13)16-10)18(7-15-9)4-8(5-25-27(19,20)21)6-26-28(22,23-2)24-3/h7-8H,4-6H2,1-3H3,(H,14,16,17)(H2,19,20,21). The van der Waals surface area contributed by atoms with Crippen molar-refractivity contribution in [3.8, 4) is 0 Å². The van der Waals surface area contributed by atoms with Gasteiger partial charge >= 0.3 is 15.6 Å². The number of phosphoric ester groups is 2. The summed E-state index contributed by atoms with van der Waals surface area (Å²) in [5, 5.41) is 2.84. The molecular formula is C12H20ClN5O8P2. The number of halogens is 1. The molecule has 0 radical (unpaired) electrons. The van der Waals surface area contributed by atoms with Crippen LogP contribution in [-0.2, 0) is 33.8 Å². The minimum Gasteiger partial charge on any atom is -0.371 e. The van der Waals surface area contributed by atoms with Crippen LogP contribution in [0.1, 0.15) is 0 Å². The van der Waals surface area contributed by atoms with E-state index >= 15 is 0 Å². The first-order valence-corrected chi connectivity index (χ1v) is 11.1. The zero-order valence-electron chi connectivity index (χ0n) is 15.2. The van der Waals surface area contributed by atoms with Gasteiger partial charge in [-0.05, 0) is 11.6 Å². The quantitative estimate of drug-likeness (QED) is 0.329. The highest BCUT2D eigenvalue weighted by Crippen LogP contribution is 2.48. The number of nitrogens with zero attached hydrogens (tertiary/aromatic N) is 4. The zero-order valence-corrected chi connectivity index (χ0v) is 17.7. The minimum absolute atomic E-state index is 0.0128. The van der Waals surface area contributed by atoms with Crippen molar-refractivity contribution in [2.75, 3.05) is 39.8 Å². The summed E-state index contributed by atoms with van der Waals surface area (Å²) in [6.07, 6.45) is 1.45.